The molecule has 0 saturated carbocycles. The fourth-order valence-electron chi connectivity index (χ4n) is 6.98. The van der Waals surface area contributed by atoms with Gasteiger partial charge in [0.05, 0.1) is 23.5 Å². The van der Waals surface area contributed by atoms with Gasteiger partial charge in [-0.1, -0.05) is 18.2 Å². The lowest BCUT2D eigenvalue weighted by atomic mass is 10.0. The number of imide groups is 2. The Labute approximate surface area is 364 Å². The maximum Gasteiger partial charge on any atom is 0.573 e. The Morgan fingerprint density at radius 2 is 1.34 bits per heavy atom. The smallest absolute Gasteiger partial charge is 0.406 e. The summed E-state index contributed by atoms with van der Waals surface area (Å²) in [5.74, 6) is -2.22. The minimum atomic E-state index is -4.76. The van der Waals surface area contributed by atoms with Crippen molar-refractivity contribution in [2.24, 2.45) is 0 Å². The molecular weight excluding hydrogens is 878 g/mol. The summed E-state index contributed by atoms with van der Waals surface area (Å²) in [7, 11) is 0. The van der Waals surface area contributed by atoms with Gasteiger partial charge in [-0.25, -0.2) is 0 Å². The molecule has 0 bridgehead atoms. The molecule has 6 N–H and O–H groups in total. The highest BCUT2D eigenvalue weighted by molar-refractivity contribution is 7.80. The van der Waals surface area contributed by atoms with Gasteiger partial charge in [-0.3, -0.25) is 39.4 Å². The number of nitrogens with zero attached hydrogens (tertiary/aromatic N) is 2. The average molecular weight is 913 g/mol. The molecule has 4 aliphatic heterocycles. The summed E-state index contributed by atoms with van der Waals surface area (Å²) in [5, 5.41) is 19.2. The van der Waals surface area contributed by atoms with E-state index in [1.165, 1.54) is 51.8 Å². The van der Waals surface area contributed by atoms with Gasteiger partial charge in [-0.05, 0) is 90.9 Å². The minimum Gasteiger partial charge on any atom is -0.406 e. The van der Waals surface area contributed by atoms with Crippen molar-refractivity contribution in [3.63, 3.8) is 0 Å². The lowest BCUT2D eigenvalue weighted by Crippen LogP contribution is -2.52. The number of carbonyl (C=O) groups excluding carboxylic acids is 6. The Bertz CT molecular complexity index is 2410. The minimum absolute atomic E-state index is 0.147. The predicted octanol–water partition coefficient (Wildman–Crippen LogP) is 4.89. The van der Waals surface area contributed by atoms with Crippen LogP contribution in [0.25, 0.3) is 0 Å². The van der Waals surface area contributed by atoms with Crippen molar-refractivity contribution in [1.29, 1.82) is 0 Å². The number of benzene rings is 2. The molecule has 0 aliphatic carbocycles. The van der Waals surface area contributed by atoms with Crippen molar-refractivity contribution in [1.82, 2.24) is 31.1 Å². The Kier molecular flexibility index (Phi) is 13.0. The van der Waals surface area contributed by atoms with E-state index in [1.54, 1.807) is 10.3 Å². The monoisotopic (exact) mass is 912 g/mol. The van der Waals surface area contributed by atoms with E-state index < -0.39 is 24.4 Å². The summed E-state index contributed by atoms with van der Waals surface area (Å²) in [5.41, 5.74) is 3.62. The fraction of sp³-hybridized carbons (Fsp3) is 0.282. The molecular formula is C39H35F3N8O7S4. The molecule has 2 aromatic heterocycles. The molecule has 4 aliphatic rings. The van der Waals surface area contributed by atoms with Crippen LogP contribution < -0.4 is 36.6 Å². The normalized spacial score (nSPS) is 18.3. The fourth-order valence-corrected chi connectivity index (χ4v) is 9.40. The molecule has 6 amide bonds. The third-order valence-electron chi connectivity index (χ3n) is 9.84. The molecule has 2 fully saturated rings. The first kappa shape index (κ1) is 43.1. The lowest BCUT2D eigenvalue weighted by molar-refractivity contribution is -0.274. The number of piperidine rings is 2. The van der Waals surface area contributed by atoms with Crippen LogP contribution in [0.3, 0.4) is 0 Å². The SMILES string of the molecule is O=C1CCC(N2Cc3c(csc3CNC(=S)Nc3ccc(OC(F)(F)F)cc3)C2=O)C(=O)N1.O=C1CCC(N2Cc3cc(CNC(=S)Nc4ccccc4)sc3C2=O)C(=O)N1. The van der Waals surface area contributed by atoms with E-state index >= 15 is 0 Å². The van der Waals surface area contributed by atoms with Gasteiger partial charge in [-0.2, -0.15) is 0 Å². The van der Waals surface area contributed by atoms with Crippen molar-refractivity contribution in [3.8, 4) is 5.75 Å². The number of amides is 6. The molecule has 0 spiro atoms. The number of thiophene rings is 2. The van der Waals surface area contributed by atoms with Crippen molar-refractivity contribution >= 4 is 104 Å². The van der Waals surface area contributed by atoms with E-state index in [1.807, 2.05) is 36.4 Å². The molecule has 15 nitrogen and oxygen atoms in total. The van der Waals surface area contributed by atoms with Crippen molar-refractivity contribution in [2.45, 2.75) is 70.3 Å². The maximum absolute atomic E-state index is 12.8. The Hall–Kier alpha value is -5.97. The topological polar surface area (TPSA) is 190 Å². The van der Waals surface area contributed by atoms with E-state index in [9.17, 15) is 41.9 Å². The third-order valence-corrected chi connectivity index (χ3v) is 12.5. The van der Waals surface area contributed by atoms with E-state index in [4.69, 9.17) is 24.4 Å². The molecule has 2 atom stereocenters. The number of rotatable bonds is 9. The highest BCUT2D eigenvalue weighted by Gasteiger charge is 2.42. The number of hydrogen-bond acceptors (Lipinski definition) is 11. The summed E-state index contributed by atoms with van der Waals surface area (Å²) in [4.78, 5) is 77.9. The maximum atomic E-state index is 12.8. The second kappa shape index (κ2) is 18.3. The standard InChI is InChI=1S/C20H17F3N4O4S2.C19H18N4O3S2/c21-20(22,23)31-11-3-1-10(2-4-11)25-19(32)24-7-15-12-8-27(18(30)13(12)9-33-15)14-5-6-16(28)26-17(14)29;24-15-7-6-14(17(25)22-15)23-10-11-8-13(28-16(11)18(23)26)9-20-19(27)21-12-4-2-1-3-5-12/h1-4,9,14H,5-8H2,(H2,24,25,32)(H,26,28,29);1-5,8,14H,6-7,9-10H2,(H2,20,21,27)(H,22,24,25). The number of thiocarbonyl (C=S) groups is 2. The summed E-state index contributed by atoms with van der Waals surface area (Å²) in [6.45, 7) is 1.49. The summed E-state index contributed by atoms with van der Waals surface area (Å²) in [6, 6.07) is 15.5. The summed E-state index contributed by atoms with van der Waals surface area (Å²) in [6.07, 6.45) is -3.65. The van der Waals surface area contributed by atoms with Crippen LogP contribution in [0.1, 0.15) is 66.6 Å². The Morgan fingerprint density at radius 1 is 0.770 bits per heavy atom. The van der Waals surface area contributed by atoms with E-state index in [2.05, 4.69) is 36.6 Å². The number of alkyl halides is 3. The van der Waals surface area contributed by atoms with Crippen molar-refractivity contribution < 1.29 is 46.7 Å². The zero-order valence-corrected chi connectivity index (χ0v) is 34.9. The molecule has 2 unspecified atom stereocenters. The molecule has 2 saturated heterocycles. The van der Waals surface area contributed by atoms with Crippen molar-refractivity contribution in [2.75, 3.05) is 10.6 Å². The molecule has 0 radical (unpaired) electrons. The van der Waals surface area contributed by atoms with Crippen LogP contribution in [0.5, 0.6) is 5.75 Å². The van der Waals surface area contributed by atoms with E-state index in [0.717, 1.165) is 26.6 Å². The van der Waals surface area contributed by atoms with Crippen LogP contribution in [0.15, 0.2) is 66.0 Å². The van der Waals surface area contributed by atoms with Crippen LogP contribution >= 0.6 is 47.1 Å². The number of para-hydroxylation sites is 1. The summed E-state index contributed by atoms with van der Waals surface area (Å²) >= 11 is 13.3. The van der Waals surface area contributed by atoms with Gasteiger partial charge >= 0.3 is 6.36 Å². The Morgan fingerprint density at radius 3 is 1.92 bits per heavy atom. The quantitative estimate of drug-likeness (QED) is 0.0985. The molecule has 61 heavy (non-hydrogen) atoms. The molecule has 22 heteroatoms. The van der Waals surface area contributed by atoms with Gasteiger partial charge in [0.1, 0.15) is 17.8 Å². The van der Waals surface area contributed by atoms with Gasteiger partial charge in [0.25, 0.3) is 11.8 Å². The summed E-state index contributed by atoms with van der Waals surface area (Å²) < 4.78 is 40.6. The van der Waals surface area contributed by atoms with Gasteiger partial charge in [-0.15, -0.1) is 35.8 Å². The molecule has 6 heterocycles. The zero-order valence-electron chi connectivity index (χ0n) is 31.7. The number of carbonyl (C=O) groups is 6. The highest BCUT2D eigenvalue weighted by Crippen LogP contribution is 2.35. The predicted molar refractivity (Wildman–Crippen MR) is 226 cm³/mol. The second-order valence-electron chi connectivity index (χ2n) is 14.0. The number of nitrogens with one attached hydrogen (secondary N) is 6. The zero-order chi connectivity index (χ0) is 43.4. The van der Waals surface area contributed by atoms with Crippen LogP contribution in [-0.4, -0.2) is 73.9 Å². The molecule has 8 rings (SSSR count). The lowest BCUT2D eigenvalue weighted by Gasteiger charge is -2.29. The van der Waals surface area contributed by atoms with Crippen LogP contribution in [0.2, 0.25) is 0 Å². The first-order valence-electron chi connectivity index (χ1n) is 18.6. The second-order valence-corrected chi connectivity index (χ2v) is 16.9. The van der Waals surface area contributed by atoms with Gasteiger partial charge in [0.2, 0.25) is 23.6 Å². The van der Waals surface area contributed by atoms with Crippen molar-refractivity contribution in [3.05, 3.63) is 97.4 Å². The number of ether oxygens (including phenoxy) is 1. The first-order valence-corrected chi connectivity index (χ1v) is 21.1. The number of anilines is 2. The van der Waals surface area contributed by atoms with E-state index in [0.29, 0.717) is 53.7 Å². The number of hydrogen-bond donors (Lipinski definition) is 6. The molecule has 2 aromatic carbocycles. The van der Waals surface area contributed by atoms with Gasteiger partial charge in [0, 0.05) is 52.4 Å². The van der Waals surface area contributed by atoms with Crippen LogP contribution in [0, 0.1) is 0 Å². The average Bonchev–Trinajstić information content (AvgIpc) is 3.96. The van der Waals surface area contributed by atoms with E-state index in [-0.39, 0.29) is 59.8 Å². The largest absolute Gasteiger partial charge is 0.573 e. The van der Waals surface area contributed by atoms with Crippen LogP contribution in [0.4, 0.5) is 24.5 Å². The van der Waals surface area contributed by atoms with Gasteiger partial charge < -0.3 is 35.8 Å². The number of fused-ring (bicyclic) bond motifs is 2. The first-order chi connectivity index (χ1) is 29.1. The Balaban J connectivity index is 0.000000186. The molecule has 4 aromatic rings. The van der Waals surface area contributed by atoms with Crippen LogP contribution in [-0.2, 0) is 45.4 Å². The highest BCUT2D eigenvalue weighted by atomic mass is 32.1. The number of halogens is 3. The third kappa shape index (κ3) is 10.5. The molecule has 318 valence electrons. The van der Waals surface area contributed by atoms with Gasteiger partial charge in [0.15, 0.2) is 10.2 Å².